The summed E-state index contributed by atoms with van der Waals surface area (Å²) in [5.41, 5.74) is 2.30. The van der Waals surface area contributed by atoms with Gasteiger partial charge in [0, 0.05) is 0 Å². The van der Waals surface area contributed by atoms with Gasteiger partial charge in [0.25, 0.3) is 0 Å². The molecule has 0 spiro atoms. The molecule has 184 valence electrons. The molecule has 0 aromatic heterocycles. The summed E-state index contributed by atoms with van der Waals surface area (Å²) < 4.78 is 37.4. The van der Waals surface area contributed by atoms with Crippen molar-refractivity contribution in [1.29, 1.82) is 0 Å². The van der Waals surface area contributed by atoms with Gasteiger partial charge in [-0.1, -0.05) is 84.9 Å². The van der Waals surface area contributed by atoms with Gasteiger partial charge >= 0.3 is 0 Å². The summed E-state index contributed by atoms with van der Waals surface area (Å²) in [5.74, 6) is 0.846. The Morgan fingerprint density at radius 3 is 1.11 bits per heavy atom. The highest BCUT2D eigenvalue weighted by molar-refractivity contribution is 7.31. The Morgan fingerprint density at radius 1 is 0.528 bits per heavy atom. The third-order valence-electron chi connectivity index (χ3n) is 6.62. The summed E-state index contributed by atoms with van der Waals surface area (Å²) in [6.07, 6.45) is 0. The molecule has 36 heavy (non-hydrogen) atoms. The number of methoxy groups -OCH3 is 2. The standard InChI is InChI=1S/C29H28O5P2/c1-33-25-17-13-23(14-18-25)28(35-31,21-9-5-3-6-10-21)27(30)29(36-32,22-11-7-4-8-12-22)24-15-19-26(34-2)20-16-24/h3-20H,35-36H2,1-2H3. The van der Waals surface area contributed by atoms with E-state index in [4.69, 9.17) is 9.47 Å². The van der Waals surface area contributed by atoms with Crippen LogP contribution in [0.3, 0.4) is 0 Å². The van der Waals surface area contributed by atoms with E-state index in [2.05, 4.69) is 0 Å². The number of carbonyl (C=O) groups excluding carboxylic acids is 1. The first-order valence-corrected chi connectivity index (χ1v) is 13.5. The second-order valence-corrected chi connectivity index (χ2v) is 10.6. The zero-order valence-corrected chi connectivity index (χ0v) is 22.4. The highest BCUT2D eigenvalue weighted by atomic mass is 31.1. The Balaban J connectivity index is 2.06. The molecule has 4 unspecified atom stereocenters. The zero-order chi connectivity index (χ0) is 25.6. The Hall–Kier alpha value is -3.39. The molecule has 0 fully saturated rings. The minimum atomic E-state index is -1.71. The number of carbonyl (C=O) groups is 1. The van der Waals surface area contributed by atoms with Crippen LogP contribution in [-0.4, -0.2) is 20.0 Å². The third kappa shape index (κ3) is 4.34. The molecule has 0 N–H and O–H groups in total. The number of ether oxygens (including phenoxy) is 2. The van der Waals surface area contributed by atoms with Crippen molar-refractivity contribution in [3.05, 3.63) is 131 Å². The lowest BCUT2D eigenvalue weighted by atomic mass is 9.75. The lowest BCUT2D eigenvalue weighted by molar-refractivity contribution is -0.122. The largest absolute Gasteiger partial charge is 0.497 e. The molecule has 0 amide bonds. The van der Waals surface area contributed by atoms with Gasteiger partial charge < -0.3 is 18.6 Å². The van der Waals surface area contributed by atoms with Gasteiger partial charge in [-0.15, -0.1) is 0 Å². The van der Waals surface area contributed by atoms with Crippen LogP contribution in [0.2, 0.25) is 0 Å². The Morgan fingerprint density at radius 2 is 0.833 bits per heavy atom. The molecule has 7 heteroatoms. The number of benzene rings is 4. The maximum atomic E-state index is 15.0. The molecule has 0 aliphatic heterocycles. The highest BCUT2D eigenvalue weighted by Gasteiger charge is 2.53. The summed E-state index contributed by atoms with van der Waals surface area (Å²) in [4.78, 5) is 15.0. The van der Waals surface area contributed by atoms with Crippen LogP contribution < -0.4 is 9.47 Å². The van der Waals surface area contributed by atoms with Gasteiger partial charge in [0.05, 0.1) is 31.1 Å². The highest BCUT2D eigenvalue weighted by Crippen LogP contribution is 2.54. The fourth-order valence-corrected chi connectivity index (χ4v) is 6.81. The maximum Gasteiger partial charge on any atom is 0.176 e. The lowest BCUT2D eigenvalue weighted by Gasteiger charge is -2.38. The van der Waals surface area contributed by atoms with Gasteiger partial charge in [-0.2, -0.15) is 0 Å². The Kier molecular flexibility index (Phi) is 7.94. The van der Waals surface area contributed by atoms with Gasteiger partial charge in [-0.3, -0.25) is 4.79 Å². The average molecular weight is 518 g/mol. The van der Waals surface area contributed by atoms with Crippen LogP contribution in [0.15, 0.2) is 109 Å². The van der Waals surface area contributed by atoms with E-state index in [9.17, 15) is 9.13 Å². The second-order valence-electron chi connectivity index (χ2n) is 8.37. The van der Waals surface area contributed by atoms with Crippen molar-refractivity contribution < 1.29 is 23.4 Å². The maximum absolute atomic E-state index is 15.0. The summed E-state index contributed by atoms with van der Waals surface area (Å²) in [6, 6.07) is 32.2. The first-order valence-electron chi connectivity index (χ1n) is 11.4. The first kappa shape index (κ1) is 25.7. The molecule has 0 saturated carbocycles. The summed E-state index contributed by atoms with van der Waals surface area (Å²) in [5, 5.41) is -3.03. The summed E-state index contributed by atoms with van der Waals surface area (Å²) in [6.45, 7) is 0. The third-order valence-corrected chi connectivity index (χ3v) is 9.18. The molecular formula is C29H28O5P2. The van der Waals surface area contributed by atoms with Crippen molar-refractivity contribution >= 4 is 22.7 Å². The second kappa shape index (κ2) is 11.1. The van der Waals surface area contributed by atoms with Crippen LogP contribution in [0, 0.1) is 0 Å². The number of hydrogen-bond donors (Lipinski definition) is 0. The minimum Gasteiger partial charge on any atom is -0.497 e. The zero-order valence-electron chi connectivity index (χ0n) is 20.1. The van der Waals surface area contributed by atoms with Crippen LogP contribution in [0.4, 0.5) is 0 Å². The number of rotatable bonds is 10. The molecule has 0 aliphatic carbocycles. The van der Waals surface area contributed by atoms with Gasteiger partial charge in [0.2, 0.25) is 0 Å². The van der Waals surface area contributed by atoms with E-state index in [0.717, 1.165) is 0 Å². The molecule has 5 nitrogen and oxygen atoms in total. The van der Waals surface area contributed by atoms with E-state index >= 15 is 4.79 Å². The first-order chi connectivity index (χ1) is 17.6. The van der Waals surface area contributed by atoms with E-state index in [1.165, 1.54) is 0 Å². The van der Waals surface area contributed by atoms with Gasteiger partial charge in [-0.25, -0.2) is 0 Å². The van der Waals surface area contributed by atoms with Gasteiger partial charge in [0.1, 0.15) is 21.8 Å². The number of Topliss-reactive ketones (excluding diaryl/α,β-unsaturated/α-hetero) is 1. The molecule has 0 bridgehead atoms. The number of ketones is 1. The van der Waals surface area contributed by atoms with Gasteiger partial charge in [0.15, 0.2) is 5.78 Å². The van der Waals surface area contributed by atoms with Gasteiger partial charge in [-0.05, 0) is 46.5 Å². The van der Waals surface area contributed by atoms with Crippen molar-refractivity contribution in [2.24, 2.45) is 0 Å². The van der Waals surface area contributed by atoms with E-state index in [-0.39, 0.29) is 0 Å². The van der Waals surface area contributed by atoms with E-state index < -0.39 is 33.0 Å². The van der Waals surface area contributed by atoms with Crippen molar-refractivity contribution in [1.82, 2.24) is 0 Å². The summed E-state index contributed by atoms with van der Waals surface area (Å²) in [7, 11) is -0.290. The quantitative estimate of drug-likeness (QED) is 0.242. The van der Waals surface area contributed by atoms with Crippen LogP contribution in [0.5, 0.6) is 11.5 Å². The van der Waals surface area contributed by atoms with Crippen molar-refractivity contribution in [2.45, 2.75) is 10.3 Å². The van der Waals surface area contributed by atoms with Crippen molar-refractivity contribution in [3.63, 3.8) is 0 Å². The number of hydrogen-bond acceptors (Lipinski definition) is 5. The molecule has 4 aromatic carbocycles. The molecule has 0 radical (unpaired) electrons. The van der Waals surface area contributed by atoms with E-state index in [1.54, 1.807) is 87.0 Å². The normalized spacial score (nSPS) is 14.9. The molecule has 0 heterocycles. The fourth-order valence-electron chi connectivity index (χ4n) is 4.66. The smallest absolute Gasteiger partial charge is 0.176 e. The molecule has 4 atom stereocenters. The summed E-state index contributed by atoms with van der Waals surface area (Å²) >= 11 is 0. The molecule has 0 saturated heterocycles. The molecule has 4 aromatic rings. The molecular weight excluding hydrogens is 490 g/mol. The SMILES string of the molecule is COc1ccc(C([PH2]=O)(C(=O)C([PH2]=O)(c2ccccc2)c2ccc(OC)cc2)c2ccccc2)cc1. The predicted molar refractivity (Wildman–Crippen MR) is 146 cm³/mol. The van der Waals surface area contributed by atoms with Crippen LogP contribution in [0.1, 0.15) is 22.3 Å². The van der Waals surface area contributed by atoms with Crippen LogP contribution >= 0.6 is 16.9 Å². The Labute approximate surface area is 213 Å². The van der Waals surface area contributed by atoms with E-state index in [1.807, 2.05) is 36.4 Å². The Bertz CT molecular complexity index is 1240. The van der Waals surface area contributed by atoms with Crippen molar-refractivity contribution in [2.75, 3.05) is 14.2 Å². The van der Waals surface area contributed by atoms with E-state index in [0.29, 0.717) is 33.8 Å². The fraction of sp³-hybridized carbons (Fsp3) is 0.138. The minimum absolute atomic E-state index is 0.391. The average Bonchev–Trinajstić information content (AvgIpc) is 2.96. The topological polar surface area (TPSA) is 69.7 Å². The van der Waals surface area contributed by atoms with Crippen LogP contribution in [-0.2, 0) is 24.2 Å². The lowest BCUT2D eigenvalue weighted by Crippen LogP contribution is -2.44. The molecule has 4 rings (SSSR count). The van der Waals surface area contributed by atoms with Crippen LogP contribution in [0.25, 0.3) is 0 Å². The van der Waals surface area contributed by atoms with Crippen molar-refractivity contribution in [3.8, 4) is 11.5 Å². The monoisotopic (exact) mass is 518 g/mol. The predicted octanol–water partition coefficient (Wildman–Crippen LogP) is 5.97. The molecule has 0 aliphatic rings.